The molecule has 1 aromatic heterocycles. The molecule has 0 spiro atoms. The molecule has 1 aromatic carbocycles. The highest BCUT2D eigenvalue weighted by Crippen LogP contribution is 2.30. The highest BCUT2D eigenvalue weighted by molar-refractivity contribution is 6.36. The first kappa shape index (κ1) is 15.1. The van der Waals surface area contributed by atoms with E-state index in [9.17, 15) is 8.78 Å². The summed E-state index contributed by atoms with van der Waals surface area (Å²) in [5.41, 5.74) is 1.06. The van der Waals surface area contributed by atoms with Crippen LogP contribution < -0.4 is 4.84 Å². The van der Waals surface area contributed by atoms with Crippen molar-refractivity contribution in [2.24, 2.45) is 0 Å². The number of aromatic nitrogens is 2. The first-order valence-corrected chi connectivity index (χ1v) is 6.64. The van der Waals surface area contributed by atoms with E-state index in [0.717, 1.165) is 4.73 Å². The number of hydrogen-bond acceptors (Lipinski definition) is 2. The fraction of sp³-hybridized carbons (Fsp3) is 0.308. The van der Waals surface area contributed by atoms with E-state index >= 15 is 0 Å². The summed E-state index contributed by atoms with van der Waals surface area (Å²) in [5.74, 6) is 0.319. The van der Waals surface area contributed by atoms with Crippen molar-refractivity contribution in [1.82, 2.24) is 9.71 Å². The summed E-state index contributed by atoms with van der Waals surface area (Å²) in [6, 6.07) is 4.91. The van der Waals surface area contributed by atoms with Crippen LogP contribution in [-0.4, -0.2) is 16.3 Å². The largest absolute Gasteiger partial charge is 0.405 e. The Morgan fingerprint density at radius 3 is 2.50 bits per heavy atom. The van der Waals surface area contributed by atoms with Crippen molar-refractivity contribution in [3.63, 3.8) is 0 Å². The number of nitrogens with zero attached hydrogens (tertiary/aromatic N) is 2. The molecule has 7 heteroatoms. The molecule has 0 unspecified atom stereocenters. The Morgan fingerprint density at radius 2 is 1.95 bits per heavy atom. The molecule has 0 N–H and O–H groups in total. The van der Waals surface area contributed by atoms with E-state index in [4.69, 9.17) is 23.2 Å². The van der Waals surface area contributed by atoms with Gasteiger partial charge in [0.2, 0.25) is 0 Å². The predicted octanol–water partition coefficient (Wildman–Crippen LogP) is 4.63. The molecule has 3 nitrogen and oxygen atoms in total. The highest BCUT2D eigenvalue weighted by Gasteiger charge is 2.17. The summed E-state index contributed by atoms with van der Waals surface area (Å²) in [5, 5.41) is 0.889. The lowest BCUT2D eigenvalue weighted by Crippen LogP contribution is -2.19. The van der Waals surface area contributed by atoms with Crippen LogP contribution in [0.15, 0.2) is 24.4 Å². The molecule has 0 saturated carbocycles. The Labute approximate surface area is 125 Å². The maximum absolute atomic E-state index is 12.4. The maximum atomic E-state index is 12.4. The van der Waals surface area contributed by atoms with E-state index < -0.39 is 6.61 Å². The third-order valence-electron chi connectivity index (χ3n) is 2.62. The topological polar surface area (TPSA) is 27.1 Å². The van der Waals surface area contributed by atoms with Gasteiger partial charge in [-0.1, -0.05) is 37.0 Å². The van der Waals surface area contributed by atoms with Crippen molar-refractivity contribution < 1.29 is 13.6 Å². The van der Waals surface area contributed by atoms with Crippen molar-refractivity contribution in [3.05, 3.63) is 40.3 Å². The van der Waals surface area contributed by atoms with E-state index in [2.05, 4.69) is 9.82 Å². The third-order valence-corrected chi connectivity index (χ3v) is 3.16. The Kier molecular flexibility index (Phi) is 4.50. The molecule has 0 saturated heterocycles. The zero-order valence-corrected chi connectivity index (χ0v) is 12.3. The van der Waals surface area contributed by atoms with E-state index in [0.29, 0.717) is 27.1 Å². The van der Waals surface area contributed by atoms with Gasteiger partial charge in [0.05, 0.1) is 16.9 Å². The molecule has 0 radical (unpaired) electrons. The lowest BCUT2D eigenvalue weighted by Gasteiger charge is -2.09. The molecule has 2 rings (SSSR count). The second-order valence-electron chi connectivity index (χ2n) is 4.46. The first-order chi connectivity index (χ1) is 9.38. The SMILES string of the molecule is CC(C)c1nc(-c2ccc(Cl)cc2Cl)cn1OC(F)F. The summed E-state index contributed by atoms with van der Waals surface area (Å²) in [6.07, 6.45) is 1.39. The first-order valence-electron chi connectivity index (χ1n) is 5.88. The Balaban J connectivity index is 2.47. The van der Waals surface area contributed by atoms with Crippen LogP contribution >= 0.6 is 23.2 Å². The molecule has 20 heavy (non-hydrogen) atoms. The summed E-state index contributed by atoms with van der Waals surface area (Å²) in [6.45, 7) is 0.747. The normalized spacial score (nSPS) is 11.4. The van der Waals surface area contributed by atoms with E-state index in [1.807, 2.05) is 13.8 Å². The monoisotopic (exact) mass is 320 g/mol. The van der Waals surface area contributed by atoms with Crippen molar-refractivity contribution >= 4 is 23.2 Å². The Morgan fingerprint density at radius 1 is 1.25 bits per heavy atom. The predicted molar refractivity (Wildman–Crippen MR) is 74.4 cm³/mol. The van der Waals surface area contributed by atoms with Crippen LogP contribution in [0.4, 0.5) is 8.78 Å². The zero-order chi connectivity index (χ0) is 14.9. The van der Waals surface area contributed by atoms with E-state index in [1.54, 1.807) is 18.2 Å². The van der Waals surface area contributed by atoms with Gasteiger partial charge in [-0.05, 0) is 18.2 Å². The third kappa shape index (κ3) is 3.22. The number of halogens is 4. The van der Waals surface area contributed by atoms with E-state index in [1.165, 1.54) is 6.20 Å². The van der Waals surface area contributed by atoms with Gasteiger partial charge in [0.15, 0.2) is 0 Å². The molecular formula is C13H12Cl2F2N2O. The van der Waals surface area contributed by atoms with Gasteiger partial charge >= 0.3 is 6.61 Å². The van der Waals surface area contributed by atoms with Crippen LogP contribution in [0.1, 0.15) is 25.6 Å². The zero-order valence-electron chi connectivity index (χ0n) is 10.8. The van der Waals surface area contributed by atoms with Gasteiger partial charge in [-0.2, -0.15) is 13.5 Å². The van der Waals surface area contributed by atoms with Crippen molar-refractivity contribution in [3.8, 4) is 11.3 Å². The van der Waals surface area contributed by atoms with Crippen LogP contribution in [0, 0.1) is 0 Å². The van der Waals surface area contributed by atoms with Gasteiger partial charge in [0, 0.05) is 16.5 Å². The standard InChI is InChI=1S/C13H12Cl2F2N2O/c1-7(2)12-18-11(6-19(12)20-13(16)17)9-4-3-8(14)5-10(9)15/h3-7,13H,1-2H3. The van der Waals surface area contributed by atoms with Crippen molar-refractivity contribution in [2.45, 2.75) is 26.4 Å². The molecule has 0 amide bonds. The molecule has 0 aliphatic heterocycles. The Bertz CT molecular complexity index is 614. The quantitative estimate of drug-likeness (QED) is 0.821. The number of hydrogen-bond donors (Lipinski definition) is 0. The molecule has 0 fully saturated rings. The van der Waals surface area contributed by atoms with Crippen molar-refractivity contribution in [2.75, 3.05) is 0 Å². The van der Waals surface area contributed by atoms with Gasteiger partial charge in [0.25, 0.3) is 0 Å². The van der Waals surface area contributed by atoms with Crippen molar-refractivity contribution in [1.29, 1.82) is 0 Å². The fourth-order valence-electron chi connectivity index (χ4n) is 1.76. The number of imidazole rings is 1. The molecular weight excluding hydrogens is 309 g/mol. The number of benzene rings is 1. The maximum Gasteiger partial charge on any atom is 0.405 e. The minimum Gasteiger partial charge on any atom is -0.343 e. The van der Waals surface area contributed by atoms with Crippen LogP contribution in [0.5, 0.6) is 0 Å². The van der Waals surface area contributed by atoms with Crippen LogP contribution in [0.2, 0.25) is 10.0 Å². The highest BCUT2D eigenvalue weighted by atomic mass is 35.5. The average Bonchev–Trinajstić information content (AvgIpc) is 2.71. The number of rotatable bonds is 4. The minimum absolute atomic E-state index is 0.0754. The molecule has 0 aliphatic rings. The lowest BCUT2D eigenvalue weighted by atomic mass is 10.2. The average molecular weight is 321 g/mol. The van der Waals surface area contributed by atoms with Gasteiger partial charge < -0.3 is 4.84 Å². The second-order valence-corrected chi connectivity index (χ2v) is 5.30. The summed E-state index contributed by atoms with van der Waals surface area (Å²) in [4.78, 5) is 8.72. The minimum atomic E-state index is -2.92. The van der Waals surface area contributed by atoms with Crippen LogP contribution in [-0.2, 0) is 0 Å². The molecule has 108 valence electrons. The molecule has 0 atom stereocenters. The molecule has 0 bridgehead atoms. The molecule has 0 aliphatic carbocycles. The summed E-state index contributed by atoms with van der Waals surface area (Å²) >= 11 is 11.9. The van der Waals surface area contributed by atoms with Crippen LogP contribution in [0.3, 0.4) is 0 Å². The van der Waals surface area contributed by atoms with Gasteiger partial charge in [-0.25, -0.2) is 4.98 Å². The van der Waals surface area contributed by atoms with Gasteiger partial charge in [-0.3, -0.25) is 0 Å². The van der Waals surface area contributed by atoms with Crippen LogP contribution in [0.25, 0.3) is 11.3 Å². The fourth-order valence-corrected chi connectivity index (χ4v) is 2.26. The summed E-state index contributed by atoms with van der Waals surface area (Å²) in [7, 11) is 0. The van der Waals surface area contributed by atoms with Gasteiger partial charge in [-0.15, -0.1) is 0 Å². The second kappa shape index (κ2) is 5.97. The number of alkyl halides is 2. The van der Waals surface area contributed by atoms with E-state index in [-0.39, 0.29) is 5.92 Å². The smallest absolute Gasteiger partial charge is 0.343 e. The lowest BCUT2D eigenvalue weighted by molar-refractivity contribution is -0.135. The Hall–Kier alpha value is -1.33. The summed E-state index contributed by atoms with van der Waals surface area (Å²) < 4.78 is 25.8. The molecule has 1 heterocycles. The molecule has 2 aromatic rings. The van der Waals surface area contributed by atoms with Gasteiger partial charge in [0.1, 0.15) is 5.82 Å².